The Labute approximate surface area is 362 Å². The molecule has 0 amide bonds. The van der Waals surface area contributed by atoms with Crippen LogP contribution in [0.1, 0.15) is 54.0 Å². The highest BCUT2D eigenvalue weighted by molar-refractivity contribution is 6.10. The molecule has 0 spiro atoms. The first-order valence-electron chi connectivity index (χ1n) is 21.9. The molecule has 0 fully saturated rings. The highest BCUT2D eigenvalue weighted by Crippen LogP contribution is 2.51. The van der Waals surface area contributed by atoms with Crippen LogP contribution in [0.4, 0.5) is 0 Å². The number of benzene rings is 9. The van der Waals surface area contributed by atoms with Crippen LogP contribution in [-0.4, -0.2) is 4.57 Å². The van der Waals surface area contributed by atoms with Crippen LogP contribution in [-0.2, 0) is 11.8 Å². The van der Waals surface area contributed by atoms with Gasteiger partial charge in [-0.25, -0.2) is 0 Å². The number of nitrogens with zero attached hydrogens (tertiary/aromatic N) is 1. The standard InChI is InChI=1S/C60H45NO/c1-60(2)54-37-43(40-13-5-3-6-14-40)26-31-48(54)49-32-27-45(38-55(49)60)47(44-29-34-59-53(36-44)51-18-10-12-20-58(51)62-59)30-23-39-21-24-41(25-22-39)42-28-33-57-52(35-42)50-17-9-11-19-56(50)61(57)46-15-7-4-8-16-46/h3-22,24-29,31-38,47H,23,30H2,1-2H3/t47-/m1/s1. The number of hydrogen-bond acceptors (Lipinski definition) is 1. The second-order valence-electron chi connectivity index (χ2n) is 17.6. The Bertz CT molecular complexity index is 3480. The summed E-state index contributed by atoms with van der Waals surface area (Å²) in [6.45, 7) is 4.80. The monoisotopic (exact) mass is 795 g/mol. The van der Waals surface area contributed by atoms with Gasteiger partial charge in [-0.3, -0.25) is 0 Å². The van der Waals surface area contributed by atoms with Crippen molar-refractivity contribution in [2.24, 2.45) is 0 Å². The highest BCUT2D eigenvalue weighted by Gasteiger charge is 2.36. The predicted molar refractivity (Wildman–Crippen MR) is 260 cm³/mol. The molecule has 0 saturated heterocycles. The molecule has 1 aliphatic rings. The minimum Gasteiger partial charge on any atom is -0.456 e. The fraction of sp³-hybridized carbons (Fsp3) is 0.100. The molecule has 0 N–H and O–H groups in total. The van der Waals surface area contributed by atoms with Crippen LogP contribution in [0.3, 0.4) is 0 Å². The second kappa shape index (κ2) is 14.4. The molecule has 0 unspecified atom stereocenters. The average molecular weight is 796 g/mol. The quantitative estimate of drug-likeness (QED) is 0.150. The Hall–Kier alpha value is -7.42. The van der Waals surface area contributed by atoms with E-state index in [9.17, 15) is 0 Å². The first-order chi connectivity index (χ1) is 30.5. The molecule has 0 saturated carbocycles. The van der Waals surface area contributed by atoms with E-state index in [1.807, 2.05) is 0 Å². The summed E-state index contributed by atoms with van der Waals surface area (Å²) in [5.74, 6) is 0.196. The van der Waals surface area contributed by atoms with Gasteiger partial charge in [-0.1, -0.05) is 166 Å². The first kappa shape index (κ1) is 36.4. The minimum absolute atomic E-state index is 0.129. The van der Waals surface area contributed by atoms with E-state index in [0.29, 0.717) is 0 Å². The summed E-state index contributed by atoms with van der Waals surface area (Å²) in [6, 6.07) is 76.0. The van der Waals surface area contributed by atoms with Crippen LogP contribution in [0, 0.1) is 0 Å². The summed E-state index contributed by atoms with van der Waals surface area (Å²) in [5.41, 5.74) is 19.9. The zero-order valence-corrected chi connectivity index (χ0v) is 35.0. The number of para-hydroxylation sites is 3. The molecular formula is C60H45NO. The Balaban J connectivity index is 0.887. The molecule has 2 aromatic heterocycles. The fourth-order valence-electron chi connectivity index (χ4n) is 10.5. The molecule has 0 bridgehead atoms. The molecule has 0 aliphatic heterocycles. The van der Waals surface area contributed by atoms with E-state index in [1.165, 1.54) is 99.5 Å². The van der Waals surface area contributed by atoms with Crippen LogP contribution >= 0.6 is 0 Å². The summed E-state index contributed by atoms with van der Waals surface area (Å²) in [6.07, 6.45) is 1.94. The van der Waals surface area contributed by atoms with Crippen LogP contribution in [0.25, 0.3) is 82.8 Å². The van der Waals surface area contributed by atoms with Crippen LogP contribution in [0.5, 0.6) is 0 Å². The lowest BCUT2D eigenvalue weighted by Gasteiger charge is -2.25. The molecule has 62 heavy (non-hydrogen) atoms. The van der Waals surface area contributed by atoms with E-state index in [0.717, 1.165) is 24.0 Å². The molecule has 1 aliphatic carbocycles. The molecule has 2 nitrogen and oxygen atoms in total. The zero-order valence-electron chi connectivity index (χ0n) is 35.0. The lowest BCUT2D eigenvalue weighted by atomic mass is 9.79. The smallest absolute Gasteiger partial charge is 0.135 e. The SMILES string of the molecule is CC1(C)c2cc(-c3ccccc3)ccc2-c2ccc([C@H](CCc3ccc(-c4ccc5c(c4)c4ccccc4n5-c4ccccc4)cc3)c3ccc4oc5ccccc5c4c3)cc21. The van der Waals surface area contributed by atoms with E-state index in [-0.39, 0.29) is 11.3 Å². The predicted octanol–water partition coefficient (Wildman–Crippen LogP) is 16.1. The molecule has 0 radical (unpaired) electrons. The topological polar surface area (TPSA) is 18.1 Å². The minimum atomic E-state index is -0.129. The zero-order chi connectivity index (χ0) is 41.4. The summed E-state index contributed by atoms with van der Waals surface area (Å²) in [4.78, 5) is 0. The Morgan fingerprint density at radius 1 is 0.435 bits per heavy atom. The lowest BCUT2D eigenvalue weighted by Crippen LogP contribution is -2.16. The maximum atomic E-state index is 6.30. The van der Waals surface area contributed by atoms with Crippen molar-refractivity contribution in [3.63, 3.8) is 0 Å². The number of fused-ring (bicyclic) bond motifs is 9. The van der Waals surface area contributed by atoms with Gasteiger partial charge < -0.3 is 8.98 Å². The maximum absolute atomic E-state index is 6.30. The Kier molecular flexibility index (Phi) is 8.44. The van der Waals surface area contributed by atoms with Crippen molar-refractivity contribution in [2.75, 3.05) is 0 Å². The van der Waals surface area contributed by atoms with Crippen molar-refractivity contribution >= 4 is 43.7 Å². The van der Waals surface area contributed by atoms with Crippen molar-refractivity contribution in [1.29, 1.82) is 0 Å². The van der Waals surface area contributed by atoms with Gasteiger partial charge in [0.1, 0.15) is 11.2 Å². The Morgan fingerprint density at radius 3 is 1.84 bits per heavy atom. The number of aromatic nitrogens is 1. The molecule has 2 heterocycles. The van der Waals surface area contributed by atoms with E-state index in [1.54, 1.807) is 0 Å². The third-order valence-corrected chi connectivity index (χ3v) is 13.7. The molecule has 1 atom stereocenters. The molecule has 11 aromatic rings. The third kappa shape index (κ3) is 5.93. The summed E-state index contributed by atoms with van der Waals surface area (Å²) in [7, 11) is 0. The molecule has 296 valence electrons. The van der Waals surface area contributed by atoms with Crippen molar-refractivity contribution < 1.29 is 4.42 Å². The number of aryl methyl sites for hydroxylation is 1. The summed E-state index contributed by atoms with van der Waals surface area (Å²) in [5, 5.41) is 4.89. The van der Waals surface area contributed by atoms with Crippen molar-refractivity contribution in [1.82, 2.24) is 4.57 Å². The maximum Gasteiger partial charge on any atom is 0.135 e. The van der Waals surface area contributed by atoms with E-state index in [4.69, 9.17) is 4.42 Å². The molecular weight excluding hydrogens is 751 g/mol. The van der Waals surface area contributed by atoms with E-state index >= 15 is 0 Å². The summed E-state index contributed by atoms with van der Waals surface area (Å²) >= 11 is 0. The van der Waals surface area contributed by atoms with E-state index < -0.39 is 0 Å². The second-order valence-corrected chi connectivity index (χ2v) is 17.6. The molecule has 2 heteroatoms. The van der Waals surface area contributed by atoms with Gasteiger partial charge >= 0.3 is 0 Å². The van der Waals surface area contributed by atoms with Gasteiger partial charge in [-0.2, -0.15) is 0 Å². The third-order valence-electron chi connectivity index (χ3n) is 13.7. The van der Waals surface area contributed by atoms with Gasteiger partial charge in [0.25, 0.3) is 0 Å². The highest BCUT2D eigenvalue weighted by atomic mass is 16.3. The van der Waals surface area contributed by atoms with Crippen LogP contribution in [0.15, 0.2) is 211 Å². The number of furan rings is 1. The Morgan fingerprint density at radius 2 is 1.02 bits per heavy atom. The molecule has 12 rings (SSSR count). The van der Waals surface area contributed by atoms with E-state index in [2.05, 4.69) is 225 Å². The van der Waals surface area contributed by atoms with Gasteiger partial charge in [0, 0.05) is 38.6 Å². The first-order valence-corrected chi connectivity index (χ1v) is 21.9. The van der Waals surface area contributed by atoms with Gasteiger partial charge in [-0.05, 0) is 129 Å². The van der Waals surface area contributed by atoms with Crippen LogP contribution in [0.2, 0.25) is 0 Å². The van der Waals surface area contributed by atoms with Gasteiger partial charge in [0.15, 0.2) is 0 Å². The lowest BCUT2D eigenvalue weighted by molar-refractivity contribution is 0.654. The van der Waals surface area contributed by atoms with Gasteiger partial charge in [0.2, 0.25) is 0 Å². The van der Waals surface area contributed by atoms with Crippen molar-refractivity contribution in [3.05, 3.63) is 234 Å². The average Bonchev–Trinajstić information content (AvgIpc) is 3.94. The summed E-state index contributed by atoms with van der Waals surface area (Å²) < 4.78 is 8.68. The number of hydrogen-bond donors (Lipinski definition) is 0. The number of rotatable bonds is 8. The van der Waals surface area contributed by atoms with Gasteiger partial charge in [-0.15, -0.1) is 0 Å². The van der Waals surface area contributed by atoms with Crippen LogP contribution < -0.4 is 0 Å². The largest absolute Gasteiger partial charge is 0.456 e. The normalized spacial score (nSPS) is 13.5. The van der Waals surface area contributed by atoms with Crippen molar-refractivity contribution in [2.45, 2.75) is 38.0 Å². The fourth-order valence-corrected chi connectivity index (χ4v) is 10.5. The molecule has 9 aromatic carbocycles. The van der Waals surface area contributed by atoms with Crippen molar-refractivity contribution in [3.8, 4) is 39.1 Å². The van der Waals surface area contributed by atoms with Gasteiger partial charge in [0.05, 0.1) is 11.0 Å².